The van der Waals surface area contributed by atoms with E-state index >= 15 is 0 Å². The summed E-state index contributed by atoms with van der Waals surface area (Å²) in [5.74, 6) is 0.431. The van der Waals surface area contributed by atoms with Gasteiger partial charge in [-0.2, -0.15) is 0 Å². The number of halogens is 1. The van der Waals surface area contributed by atoms with Crippen molar-refractivity contribution in [2.75, 3.05) is 6.54 Å². The molecule has 0 aromatic carbocycles. The van der Waals surface area contributed by atoms with Crippen LogP contribution in [-0.4, -0.2) is 21.0 Å². The van der Waals surface area contributed by atoms with Gasteiger partial charge in [-0.25, -0.2) is 13.1 Å². The molecule has 1 aromatic heterocycles. The molecule has 1 fully saturated rings. The van der Waals surface area contributed by atoms with Gasteiger partial charge in [-0.05, 0) is 37.3 Å². The molecule has 0 aliphatic heterocycles. The zero-order valence-corrected chi connectivity index (χ0v) is 12.7. The fourth-order valence-corrected chi connectivity index (χ4v) is 4.42. The van der Waals surface area contributed by atoms with E-state index in [0.717, 1.165) is 24.1 Å². The highest BCUT2D eigenvalue weighted by molar-refractivity contribution is 7.91. The molecule has 0 spiro atoms. The van der Waals surface area contributed by atoms with Crippen LogP contribution in [0, 0.1) is 5.92 Å². The molecule has 1 aromatic rings. The maximum atomic E-state index is 12.1. The first-order valence-corrected chi connectivity index (χ1v) is 8.18. The Balaban J connectivity index is 0.00000162. The van der Waals surface area contributed by atoms with Crippen LogP contribution in [0.25, 0.3) is 0 Å². The van der Waals surface area contributed by atoms with Crippen molar-refractivity contribution in [3.63, 3.8) is 0 Å². The maximum Gasteiger partial charge on any atom is 0.250 e. The zero-order chi connectivity index (χ0) is 12.5. The second-order valence-electron chi connectivity index (χ2n) is 4.38. The highest BCUT2D eigenvalue weighted by Crippen LogP contribution is 2.33. The molecule has 104 valence electrons. The van der Waals surface area contributed by atoms with Crippen LogP contribution in [0.2, 0.25) is 0 Å². The second kappa shape index (κ2) is 6.34. The summed E-state index contributed by atoms with van der Waals surface area (Å²) in [6, 6.07) is 3.44. The number of rotatable bonds is 6. The number of hydrogen-bond donors (Lipinski definition) is 2. The van der Waals surface area contributed by atoms with Gasteiger partial charge in [0, 0.05) is 17.5 Å². The second-order valence-corrected chi connectivity index (χ2v) is 7.48. The van der Waals surface area contributed by atoms with Gasteiger partial charge in [0.15, 0.2) is 0 Å². The Morgan fingerprint density at radius 2 is 2.17 bits per heavy atom. The molecular formula is C11H19ClN2O2S2. The summed E-state index contributed by atoms with van der Waals surface area (Å²) >= 11 is 1.33. The standard InChI is InChI=1S/C11H18N2O2S2.ClH/c1-2-9-5-6-11(16-9)17(14,15)13-10(7-12)8-3-4-8;/h5-6,8,10,13H,2-4,7,12H2,1H3;1H. The Kier molecular flexibility index (Phi) is 5.61. The van der Waals surface area contributed by atoms with Crippen molar-refractivity contribution in [2.24, 2.45) is 11.7 Å². The number of nitrogens with one attached hydrogen (secondary N) is 1. The quantitative estimate of drug-likeness (QED) is 0.841. The summed E-state index contributed by atoms with van der Waals surface area (Å²) in [5.41, 5.74) is 5.61. The predicted octanol–water partition coefficient (Wildman–Crippen LogP) is 1.75. The molecule has 1 heterocycles. The van der Waals surface area contributed by atoms with Crippen LogP contribution in [0.3, 0.4) is 0 Å². The maximum absolute atomic E-state index is 12.1. The van der Waals surface area contributed by atoms with E-state index in [1.165, 1.54) is 11.3 Å². The van der Waals surface area contributed by atoms with Crippen molar-refractivity contribution < 1.29 is 8.42 Å². The van der Waals surface area contributed by atoms with E-state index in [0.29, 0.717) is 16.7 Å². The van der Waals surface area contributed by atoms with Crippen LogP contribution in [0.4, 0.5) is 0 Å². The molecule has 0 radical (unpaired) electrons. The van der Waals surface area contributed by atoms with Crippen LogP contribution >= 0.6 is 23.7 Å². The summed E-state index contributed by atoms with van der Waals surface area (Å²) in [6.45, 7) is 2.39. The number of thiophene rings is 1. The minimum absolute atomic E-state index is 0. The van der Waals surface area contributed by atoms with Crippen molar-refractivity contribution in [1.82, 2.24) is 4.72 Å². The molecule has 1 aliphatic carbocycles. The number of aryl methyl sites for hydroxylation is 1. The Hall–Kier alpha value is -0.140. The lowest BCUT2D eigenvalue weighted by molar-refractivity contribution is 0.520. The molecule has 0 saturated heterocycles. The third-order valence-corrected chi connectivity index (χ3v) is 6.21. The predicted molar refractivity (Wildman–Crippen MR) is 76.8 cm³/mol. The molecule has 4 nitrogen and oxygen atoms in total. The van der Waals surface area contributed by atoms with Gasteiger partial charge in [0.1, 0.15) is 4.21 Å². The fourth-order valence-electron chi connectivity index (χ4n) is 1.79. The molecule has 0 amide bonds. The summed E-state index contributed by atoms with van der Waals surface area (Å²) in [7, 11) is -3.38. The van der Waals surface area contributed by atoms with Crippen LogP contribution in [0.15, 0.2) is 16.3 Å². The van der Waals surface area contributed by atoms with Gasteiger partial charge in [0.05, 0.1) is 0 Å². The highest BCUT2D eigenvalue weighted by Gasteiger charge is 2.33. The molecule has 0 bridgehead atoms. The van der Waals surface area contributed by atoms with Crippen molar-refractivity contribution in [3.05, 3.63) is 17.0 Å². The summed E-state index contributed by atoms with van der Waals surface area (Å²) < 4.78 is 27.3. The molecule has 1 unspecified atom stereocenters. The van der Waals surface area contributed by atoms with Gasteiger partial charge in [0.2, 0.25) is 10.0 Å². The lowest BCUT2D eigenvalue weighted by Gasteiger charge is -2.15. The first-order valence-electron chi connectivity index (χ1n) is 5.88. The lowest BCUT2D eigenvalue weighted by Crippen LogP contribution is -2.41. The molecular weight excluding hydrogens is 292 g/mol. The monoisotopic (exact) mass is 310 g/mol. The number of hydrogen-bond acceptors (Lipinski definition) is 4. The Morgan fingerprint density at radius 1 is 1.50 bits per heavy atom. The van der Waals surface area contributed by atoms with Gasteiger partial charge in [-0.1, -0.05) is 6.92 Å². The van der Waals surface area contributed by atoms with Crippen LogP contribution in [0.1, 0.15) is 24.6 Å². The topological polar surface area (TPSA) is 72.2 Å². The van der Waals surface area contributed by atoms with E-state index in [2.05, 4.69) is 4.72 Å². The summed E-state index contributed by atoms with van der Waals surface area (Å²) in [4.78, 5) is 1.08. The molecule has 7 heteroatoms. The molecule has 18 heavy (non-hydrogen) atoms. The average Bonchev–Trinajstić information content (AvgIpc) is 3.02. The smallest absolute Gasteiger partial charge is 0.250 e. The van der Waals surface area contributed by atoms with E-state index < -0.39 is 10.0 Å². The van der Waals surface area contributed by atoms with Crippen molar-refractivity contribution in [1.29, 1.82) is 0 Å². The Morgan fingerprint density at radius 3 is 2.61 bits per heavy atom. The molecule has 1 saturated carbocycles. The van der Waals surface area contributed by atoms with Crippen LogP contribution < -0.4 is 10.5 Å². The molecule has 2 rings (SSSR count). The van der Waals surface area contributed by atoms with Gasteiger partial charge < -0.3 is 5.73 Å². The van der Waals surface area contributed by atoms with E-state index in [4.69, 9.17) is 5.73 Å². The van der Waals surface area contributed by atoms with Gasteiger partial charge in [-0.3, -0.25) is 0 Å². The molecule has 1 atom stereocenters. The normalized spacial score (nSPS) is 17.2. The SMILES string of the molecule is CCc1ccc(S(=O)(=O)NC(CN)C2CC2)s1.Cl. The minimum atomic E-state index is -3.38. The zero-order valence-electron chi connectivity index (χ0n) is 10.3. The molecule has 3 N–H and O–H groups in total. The first-order chi connectivity index (χ1) is 8.06. The third-order valence-electron chi connectivity index (χ3n) is 3.00. The van der Waals surface area contributed by atoms with Crippen molar-refractivity contribution in [3.8, 4) is 0 Å². The third kappa shape index (κ3) is 3.68. The van der Waals surface area contributed by atoms with Gasteiger partial charge in [-0.15, -0.1) is 23.7 Å². The largest absolute Gasteiger partial charge is 0.329 e. The van der Waals surface area contributed by atoms with E-state index in [1.807, 2.05) is 13.0 Å². The minimum Gasteiger partial charge on any atom is -0.329 e. The van der Waals surface area contributed by atoms with Crippen LogP contribution in [0.5, 0.6) is 0 Å². The Labute approximate surface area is 118 Å². The number of nitrogens with two attached hydrogens (primary N) is 1. The summed E-state index contributed by atoms with van der Waals surface area (Å²) in [5, 5.41) is 0. The lowest BCUT2D eigenvalue weighted by atomic mass is 10.2. The van der Waals surface area contributed by atoms with E-state index in [9.17, 15) is 8.42 Å². The highest BCUT2D eigenvalue weighted by atomic mass is 35.5. The fraction of sp³-hybridized carbons (Fsp3) is 0.636. The van der Waals surface area contributed by atoms with E-state index in [-0.39, 0.29) is 18.4 Å². The molecule has 1 aliphatic rings. The van der Waals surface area contributed by atoms with E-state index in [1.54, 1.807) is 6.07 Å². The Bertz CT molecular complexity index is 483. The van der Waals surface area contributed by atoms with Crippen molar-refractivity contribution >= 4 is 33.8 Å². The first kappa shape index (κ1) is 15.9. The summed E-state index contributed by atoms with van der Waals surface area (Å²) in [6.07, 6.45) is 3.02. The van der Waals surface area contributed by atoms with Gasteiger partial charge >= 0.3 is 0 Å². The number of sulfonamides is 1. The average molecular weight is 311 g/mol. The van der Waals surface area contributed by atoms with Gasteiger partial charge in [0.25, 0.3) is 0 Å². The van der Waals surface area contributed by atoms with Crippen molar-refractivity contribution in [2.45, 2.75) is 36.4 Å². The van der Waals surface area contributed by atoms with Crippen LogP contribution in [-0.2, 0) is 16.4 Å².